The van der Waals surface area contributed by atoms with E-state index < -0.39 is 5.54 Å². The summed E-state index contributed by atoms with van der Waals surface area (Å²) in [6.45, 7) is 10.4. The number of nitrogens with two attached hydrogens (primary N) is 1. The Kier molecular flexibility index (Phi) is 7.79. The second kappa shape index (κ2) is 9.86. The SMILES string of the molecule is CC(C)Cc1ccc([C@H]([NH2+]CC(=O)N[C@@](C)(C#N)C(C)C)c2cccs2)cc1. The highest BCUT2D eigenvalue weighted by Gasteiger charge is 2.31. The molecule has 0 aliphatic heterocycles. The van der Waals surface area contributed by atoms with E-state index in [1.807, 2.05) is 19.9 Å². The Morgan fingerprint density at radius 2 is 1.89 bits per heavy atom. The van der Waals surface area contributed by atoms with Crippen molar-refractivity contribution in [2.24, 2.45) is 11.8 Å². The Morgan fingerprint density at radius 1 is 1.21 bits per heavy atom. The first-order chi connectivity index (χ1) is 13.2. The molecule has 1 heterocycles. The van der Waals surface area contributed by atoms with Crippen molar-refractivity contribution in [2.45, 2.75) is 52.6 Å². The minimum absolute atomic E-state index is 0.0445. The van der Waals surface area contributed by atoms with Gasteiger partial charge in [-0.05, 0) is 42.2 Å². The molecule has 150 valence electrons. The van der Waals surface area contributed by atoms with Crippen molar-refractivity contribution in [1.29, 1.82) is 5.26 Å². The van der Waals surface area contributed by atoms with Crippen LogP contribution in [0.4, 0.5) is 0 Å². The number of benzene rings is 1. The molecule has 2 rings (SSSR count). The van der Waals surface area contributed by atoms with E-state index >= 15 is 0 Å². The van der Waals surface area contributed by atoms with E-state index in [-0.39, 0.29) is 24.4 Å². The van der Waals surface area contributed by atoms with Crippen LogP contribution >= 0.6 is 11.3 Å². The van der Waals surface area contributed by atoms with E-state index in [2.05, 4.69) is 66.3 Å². The summed E-state index contributed by atoms with van der Waals surface area (Å²) in [5.74, 6) is 0.559. The molecule has 0 saturated heterocycles. The van der Waals surface area contributed by atoms with E-state index in [0.717, 1.165) is 6.42 Å². The molecule has 0 radical (unpaired) electrons. The lowest BCUT2D eigenvalue weighted by Crippen LogP contribution is -2.88. The van der Waals surface area contributed by atoms with Crippen LogP contribution in [0.1, 0.15) is 56.7 Å². The van der Waals surface area contributed by atoms with Crippen LogP contribution in [0.3, 0.4) is 0 Å². The quantitative estimate of drug-likeness (QED) is 0.677. The molecule has 2 atom stereocenters. The third-order valence-corrected chi connectivity index (χ3v) is 6.11. The molecular weight excluding hydrogens is 366 g/mol. The van der Waals surface area contributed by atoms with Crippen LogP contribution in [0.2, 0.25) is 0 Å². The Hall–Kier alpha value is -2.16. The molecule has 1 amide bonds. The number of nitrogens with zero attached hydrogens (tertiary/aromatic N) is 1. The summed E-state index contributed by atoms with van der Waals surface area (Å²) in [7, 11) is 0. The van der Waals surface area contributed by atoms with Crippen LogP contribution in [-0.4, -0.2) is 18.0 Å². The van der Waals surface area contributed by atoms with E-state index in [0.29, 0.717) is 5.92 Å². The minimum atomic E-state index is -0.845. The van der Waals surface area contributed by atoms with Crippen LogP contribution in [0.15, 0.2) is 41.8 Å². The Morgan fingerprint density at radius 3 is 2.39 bits per heavy atom. The number of nitrogens with one attached hydrogen (secondary N) is 1. The number of amides is 1. The number of rotatable bonds is 9. The molecule has 0 bridgehead atoms. The lowest BCUT2D eigenvalue weighted by atomic mass is 9.90. The fraction of sp³-hybridized carbons (Fsp3) is 0.478. The van der Waals surface area contributed by atoms with Gasteiger partial charge in [0.25, 0.3) is 5.91 Å². The monoisotopic (exact) mass is 398 g/mol. The number of carbonyl (C=O) groups excluding carboxylic acids is 1. The lowest BCUT2D eigenvalue weighted by Gasteiger charge is -2.27. The number of nitriles is 1. The van der Waals surface area contributed by atoms with Crippen LogP contribution in [0, 0.1) is 23.2 Å². The molecular formula is C23H32N3OS+. The van der Waals surface area contributed by atoms with Crippen molar-refractivity contribution in [3.05, 3.63) is 57.8 Å². The van der Waals surface area contributed by atoms with Gasteiger partial charge in [0, 0.05) is 5.56 Å². The lowest BCUT2D eigenvalue weighted by molar-refractivity contribution is -0.676. The molecule has 0 fully saturated rings. The zero-order valence-corrected chi connectivity index (χ0v) is 18.3. The maximum absolute atomic E-state index is 12.5. The highest BCUT2D eigenvalue weighted by atomic mass is 32.1. The van der Waals surface area contributed by atoms with Gasteiger partial charge in [-0.2, -0.15) is 5.26 Å². The summed E-state index contributed by atoms with van der Waals surface area (Å²) in [5, 5.41) is 16.4. The molecule has 1 aromatic carbocycles. The van der Waals surface area contributed by atoms with Gasteiger partial charge < -0.3 is 10.6 Å². The summed E-state index contributed by atoms with van der Waals surface area (Å²) in [6, 6.07) is 15.2. The molecule has 0 unspecified atom stereocenters. The number of thiophene rings is 1. The van der Waals surface area contributed by atoms with Crippen LogP contribution in [-0.2, 0) is 11.2 Å². The van der Waals surface area contributed by atoms with Gasteiger partial charge in [-0.25, -0.2) is 0 Å². The van der Waals surface area contributed by atoms with Crippen molar-refractivity contribution in [3.8, 4) is 6.07 Å². The molecule has 28 heavy (non-hydrogen) atoms. The molecule has 1 aromatic heterocycles. The summed E-state index contributed by atoms with van der Waals surface area (Å²) in [4.78, 5) is 13.7. The normalized spacial score (nSPS) is 14.5. The van der Waals surface area contributed by atoms with E-state index in [9.17, 15) is 10.1 Å². The fourth-order valence-electron chi connectivity index (χ4n) is 3.08. The average molecular weight is 399 g/mol. The van der Waals surface area contributed by atoms with Gasteiger partial charge in [0.2, 0.25) is 0 Å². The Labute approximate surface area is 173 Å². The van der Waals surface area contributed by atoms with Gasteiger partial charge in [-0.15, -0.1) is 11.3 Å². The van der Waals surface area contributed by atoms with E-state index in [4.69, 9.17) is 0 Å². The van der Waals surface area contributed by atoms with E-state index in [1.165, 1.54) is 16.0 Å². The second-order valence-electron chi connectivity index (χ2n) is 8.29. The van der Waals surface area contributed by atoms with Gasteiger partial charge in [-0.3, -0.25) is 4.79 Å². The highest BCUT2D eigenvalue weighted by molar-refractivity contribution is 7.10. The summed E-state index contributed by atoms with van der Waals surface area (Å²) < 4.78 is 0. The summed E-state index contributed by atoms with van der Waals surface area (Å²) in [6.07, 6.45) is 1.07. The molecule has 0 aliphatic rings. The molecule has 2 aromatic rings. The number of hydrogen-bond donors (Lipinski definition) is 2. The Bertz CT molecular complexity index is 790. The first kappa shape index (κ1) is 22.1. The summed E-state index contributed by atoms with van der Waals surface area (Å²) in [5.41, 5.74) is 1.68. The van der Waals surface area contributed by atoms with Crippen molar-refractivity contribution in [1.82, 2.24) is 5.32 Å². The number of carbonyl (C=O) groups is 1. The molecule has 3 N–H and O–H groups in total. The molecule has 5 heteroatoms. The zero-order chi connectivity index (χ0) is 20.7. The van der Waals surface area contributed by atoms with Gasteiger partial charge in [0.05, 0.1) is 10.9 Å². The van der Waals surface area contributed by atoms with Crippen LogP contribution < -0.4 is 10.6 Å². The average Bonchev–Trinajstić information content (AvgIpc) is 3.17. The molecule has 0 aliphatic carbocycles. The van der Waals surface area contributed by atoms with E-state index in [1.54, 1.807) is 18.3 Å². The van der Waals surface area contributed by atoms with Gasteiger partial charge in [0.15, 0.2) is 6.54 Å². The maximum atomic E-state index is 12.5. The highest BCUT2D eigenvalue weighted by Crippen LogP contribution is 2.23. The fourth-order valence-corrected chi connectivity index (χ4v) is 3.93. The molecule has 0 saturated carbocycles. The van der Waals surface area contributed by atoms with Crippen molar-refractivity contribution in [2.75, 3.05) is 6.54 Å². The number of hydrogen-bond acceptors (Lipinski definition) is 3. The van der Waals surface area contributed by atoms with Crippen LogP contribution in [0.5, 0.6) is 0 Å². The summed E-state index contributed by atoms with van der Waals surface area (Å²) >= 11 is 1.70. The smallest absolute Gasteiger partial charge is 0.276 e. The second-order valence-corrected chi connectivity index (χ2v) is 9.27. The largest absolute Gasteiger partial charge is 0.333 e. The van der Waals surface area contributed by atoms with Crippen molar-refractivity contribution in [3.63, 3.8) is 0 Å². The van der Waals surface area contributed by atoms with Gasteiger partial charge in [0.1, 0.15) is 11.6 Å². The molecule has 4 nitrogen and oxygen atoms in total. The number of quaternary nitrogens is 1. The molecule has 0 spiro atoms. The topological polar surface area (TPSA) is 69.5 Å². The van der Waals surface area contributed by atoms with Gasteiger partial charge in [-0.1, -0.05) is 58.0 Å². The standard InChI is InChI=1S/C23H31N3OS/c1-16(2)13-18-8-10-19(11-9-18)22(20-7-6-12-28-20)25-14-21(27)26-23(5,15-24)17(3)4/h6-12,16-17,22,25H,13-14H2,1-5H3,(H,26,27)/p+1/t22-,23-/m0/s1. The van der Waals surface area contributed by atoms with Crippen molar-refractivity contribution < 1.29 is 10.1 Å². The van der Waals surface area contributed by atoms with Gasteiger partial charge >= 0.3 is 0 Å². The van der Waals surface area contributed by atoms with Crippen molar-refractivity contribution >= 4 is 17.2 Å². The predicted octanol–water partition coefficient (Wildman–Crippen LogP) is 3.65. The first-order valence-corrected chi connectivity index (χ1v) is 10.8. The maximum Gasteiger partial charge on any atom is 0.276 e. The minimum Gasteiger partial charge on any atom is -0.333 e. The third kappa shape index (κ3) is 5.92. The predicted molar refractivity (Wildman–Crippen MR) is 115 cm³/mol. The Balaban J connectivity index is 2.11. The zero-order valence-electron chi connectivity index (χ0n) is 17.5. The third-order valence-electron chi connectivity index (χ3n) is 5.16. The van der Waals surface area contributed by atoms with Crippen LogP contribution in [0.25, 0.3) is 0 Å². The first-order valence-electron chi connectivity index (χ1n) is 9.93.